The van der Waals surface area contributed by atoms with Crippen LogP contribution in [-0.4, -0.2) is 49.6 Å². The number of nitrogens with zero attached hydrogens (tertiary/aromatic N) is 3. The molecular weight excluding hydrogens is 312 g/mol. The number of carbonyl (C=O) groups excluding carboxylic acids is 1. The van der Waals surface area contributed by atoms with Crippen molar-refractivity contribution in [1.29, 1.82) is 0 Å². The van der Waals surface area contributed by atoms with Crippen molar-refractivity contribution in [3.8, 4) is 0 Å². The number of hydrogen-bond acceptors (Lipinski definition) is 3. The number of fused-ring (bicyclic) bond motifs is 1. The molecule has 1 aromatic heterocycles. The average molecular weight is 337 g/mol. The Balaban J connectivity index is 1.37. The van der Waals surface area contributed by atoms with Gasteiger partial charge in [-0.05, 0) is 31.0 Å². The van der Waals surface area contributed by atoms with Gasteiger partial charge in [0.2, 0.25) is 5.91 Å². The minimum atomic E-state index is 0.236. The number of carbonyl (C=O) groups is 1. The summed E-state index contributed by atoms with van der Waals surface area (Å²) in [6.45, 7) is 6.00. The molecule has 2 aliphatic rings. The molecule has 1 aromatic carbocycles. The lowest BCUT2D eigenvalue weighted by Crippen LogP contribution is -2.52. The number of para-hydroxylation sites is 1. The Kier molecular flexibility index (Phi) is 4.30. The van der Waals surface area contributed by atoms with E-state index in [1.54, 1.807) is 0 Å². The maximum atomic E-state index is 12.8. The maximum absolute atomic E-state index is 12.8. The summed E-state index contributed by atoms with van der Waals surface area (Å²) in [7, 11) is 0. The topological polar surface area (TPSA) is 40.9 Å². The van der Waals surface area contributed by atoms with Crippen LogP contribution in [0.1, 0.15) is 12.5 Å². The zero-order valence-electron chi connectivity index (χ0n) is 14.7. The van der Waals surface area contributed by atoms with Crippen molar-refractivity contribution in [2.24, 2.45) is 0 Å². The molecular formula is C20H25N4O+. The van der Waals surface area contributed by atoms with E-state index in [9.17, 15) is 4.79 Å². The summed E-state index contributed by atoms with van der Waals surface area (Å²) < 4.78 is 0. The van der Waals surface area contributed by atoms with E-state index in [0.29, 0.717) is 12.6 Å². The number of anilines is 2. The molecule has 0 aliphatic carbocycles. The fourth-order valence-electron chi connectivity index (χ4n) is 3.89. The first kappa shape index (κ1) is 15.9. The minimum Gasteiger partial charge on any atom is -0.359 e. The van der Waals surface area contributed by atoms with Gasteiger partial charge in [0.25, 0.3) is 5.82 Å². The van der Waals surface area contributed by atoms with E-state index >= 15 is 0 Å². The normalized spacial score (nSPS) is 19.9. The number of piperazine rings is 1. The molecule has 130 valence electrons. The van der Waals surface area contributed by atoms with Crippen molar-refractivity contribution in [3.63, 3.8) is 0 Å². The van der Waals surface area contributed by atoms with Gasteiger partial charge in [0, 0.05) is 17.8 Å². The third-order valence-corrected chi connectivity index (χ3v) is 5.32. The first-order chi connectivity index (χ1) is 12.2. The summed E-state index contributed by atoms with van der Waals surface area (Å²) in [4.78, 5) is 22.7. The third kappa shape index (κ3) is 3.18. The Morgan fingerprint density at radius 2 is 1.84 bits per heavy atom. The van der Waals surface area contributed by atoms with Crippen LogP contribution < -0.4 is 14.8 Å². The summed E-state index contributed by atoms with van der Waals surface area (Å²) in [6.07, 6.45) is 2.97. The average Bonchev–Trinajstić information content (AvgIpc) is 2.98. The van der Waals surface area contributed by atoms with Gasteiger partial charge in [0.1, 0.15) is 13.1 Å². The molecule has 0 bridgehead atoms. The summed E-state index contributed by atoms with van der Waals surface area (Å²) in [5.41, 5.74) is 2.58. The molecule has 4 rings (SSSR count). The number of aromatic nitrogens is 1. The fourth-order valence-corrected chi connectivity index (χ4v) is 3.89. The van der Waals surface area contributed by atoms with Gasteiger partial charge >= 0.3 is 0 Å². The highest BCUT2D eigenvalue weighted by Crippen LogP contribution is 2.31. The number of amides is 1. The lowest BCUT2D eigenvalue weighted by Gasteiger charge is -2.33. The second-order valence-corrected chi connectivity index (χ2v) is 6.93. The van der Waals surface area contributed by atoms with Crippen molar-refractivity contribution >= 4 is 17.4 Å². The number of hydrogen-bond donors (Lipinski definition) is 0. The molecule has 1 saturated heterocycles. The number of rotatable bonds is 3. The van der Waals surface area contributed by atoms with Crippen LogP contribution in [0, 0.1) is 0 Å². The van der Waals surface area contributed by atoms with E-state index in [1.165, 1.54) is 11.3 Å². The summed E-state index contributed by atoms with van der Waals surface area (Å²) in [5, 5.41) is 0. The predicted octanol–water partition coefficient (Wildman–Crippen LogP) is 1.60. The standard InChI is InChI=1S/C20H24N4O/c1-16-14-17-6-2-3-7-18(17)24(16)15-20(25)23-12-10-22(11-13-23)19-8-4-5-9-21-19/h2-9,16H,10-15H2,1H3/p+1/t16-/m0/s1. The molecule has 1 atom stereocenters. The molecule has 0 unspecified atom stereocenters. The summed E-state index contributed by atoms with van der Waals surface area (Å²) in [6, 6.07) is 14.9. The van der Waals surface area contributed by atoms with E-state index in [-0.39, 0.29) is 5.91 Å². The van der Waals surface area contributed by atoms with Gasteiger partial charge in [-0.15, -0.1) is 0 Å². The molecule has 0 saturated carbocycles. The molecule has 1 amide bonds. The summed E-state index contributed by atoms with van der Waals surface area (Å²) in [5.74, 6) is 1.36. The number of aromatic amines is 1. The molecule has 2 aliphatic heterocycles. The number of nitrogens with one attached hydrogen (secondary N) is 1. The third-order valence-electron chi connectivity index (χ3n) is 5.32. The van der Waals surface area contributed by atoms with Crippen molar-refractivity contribution in [2.75, 3.05) is 42.5 Å². The predicted molar refractivity (Wildman–Crippen MR) is 98.7 cm³/mol. The van der Waals surface area contributed by atoms with Crippen molar-refractivity contribution in [1.82, 2.24) is 4.90 Å². The maximum Gasteiger partial charge on any atom is 0.274 e. The van der Waals surface area contributed by atoms with Gasteiger partial charge < -0.3 is 9.80 Å². The van der Waals surface area contributed by atoms with Crippen molar-refractivity contribution in [2.45, 2.75) is 19.4 Å². The smallest absolute Gasteiger partial charge is 0.274 e. The van der Waals surface area contributed by atoms with E-state index < -0.39 is 0 Å². The van der Waals surface area contributed by atoms with Crippen LogP contribution >= 0.6 is 0 Å². The van der Waals surface area contributed by atoms with Gasteiger partial charge in [-0.2, -0.15) is 0 Å². The van der Waals surface area contributed by atoms with Gasteiger partial charge in [0.15, 0.2) is 0 Å². The molecule has 0 spiro atoms. The molecule has 5 nitrogen and oxygen atoms in total. The molecule has 2 aromatic rings. The zero-order chi connectivity index (χ0) is 17.2. The second kappa shape index (κ2) is 6.75. The Morgan fingerprint density at radius 3 is 2.60 bits per heavy atom. The van der Waals surface area contributed by atoms with Gasteiger partial charge in [-0.1, -0.05) is 24.3 Å². The summed E-state index contributed by atoms with van der Waals surface area (Å²) >= 11 is 0. The quantitative estimate of drug-likeness (QED) is 0.854. The Hall–Kier alpha value is -2.56. The number of H-pyrrole nitrogens is 1. The molecule has 5 heteroatoms. The SMILES string of the molecule is C[C@H]1Cc2ccccc2N1CC(=O)N1CCN(c2cccc[nH+]2)CC1. The van der Waals surface area contributed by atoms with Crippen LogP contribution in [0.15, 0.2) is 48.7 Å². The first-order valence-electron chi connectivity index (χ1n) is 9.06. The Labute approximate surface area is 148 Å². The second-order valence-electron chi connectivity index (χ2n) is 6.93. The van der Waals surface area contributed by atoms with E-state index in [0.717, 1.165) is 38.4 Å². The van der Waals surface area contributed by atoms with E-state index in [1.807, 2.05) is 23.2 Å². The van der Waals surface area contributed by atoms with Gasteiger partial charge in [-0.3, -0.25) is 9.69 Å². The van der Waals surface area contributed by atoms with Crippen molar-refractivity contribution in [3.05, 3.63) is 54.2 Å². The van der Waals surface area contributed by atoms with Crippen LogP contribution in [0.4, 0.5) is 11.5 Å². The fraction of sp³-hybridized carbons (Fsp3) is 0.400. The molecule has 3 heterocycles. The molecule has 25 heavy (non-hydrogen) atoms. The van der Waals surface area contributed by atoms with Crippen LogP contribution in [0.3, 0.4) is 0 Å². The lowest BCUT2D eigenvalue weighted by atomic mass is 10.1. The van der Waals surface area contributed by atoms with Crippen LogP contribution in [0.5, 0.6) is 0 Å². The monoisotopic (exact) mass is 337 g/mol. The highest BCUT2D eigenvalue weighted by Gasteiger charge is 2.31. The van der Waals surface area contributed by atoms with Crippen LogP contribution in [0.2, 0.25) is 0 Å². The van der Waals surface area contributed by atoms with Crippen LogP contribution in [0.25, 0.3) is 0 Å². The van der Waals surface area contributed by atoms with Gasteiger partial charge in [0.05, 0.1) is 25.8 Å². The molecule has 0 radical (unpaired) electrons. The largest absolute Gasteiger partial charge is 0.359 e. The van der Waals surface area contributed by atoms with E-state index in [2.05, 4.69) is 52.0 Å². The number of benzene rings is 1. The van der Waals surface area contributed by atoms with Crippen LogP contribution in [-0.2, 0) is 11.2 Å². The highest BCUT2D eigenvalue weighted by molar-refractivity contribution is 5.83. The van der Waals surface area contributed by atoms with Crippen molar-refractivity contribution < 1.29 is 9.78 Å². The number of pyridine rings is 1. The zero-order valence-corrected chi connectivity index (χ0v) is 14.7. The van der Waals surface area contributed by atoms with Gasteiger partial charge in [-0.25, -0.2) is 4.98 Å². The highest BCUT2D eigenvalue weighted by atomic mass is 16.2. The Bertz CT molecular complexity index is 740. The molecule has 1 fully saturated rings. The molecule has 1 N–H and O–H groups in total. The lowest BCUT2D eigenvalue weighted by molar-refractivity contribution is -0.364. The van der Waals surface area contributed by atoms with E-state index in [4.69, 9.17) is 0 Å². The first-order valence-corrected chi connectivity index (χ1v) is 9.06. The Morgan fingerprint density at radius 1 is 1.08 bits per heavy atom. The minimum absolute atomic E-state index is 0.236.